The molecule has 1 aliphatic heterocycles. The topological polar surface area (TPSA) is 93.0 Å². The van der Waals surface area contributed by atoms with E-state index in [9.17, 15) is 0 Å². The normalized spacial score (nSPS) is 14.8. The molecule has 3 heterocycles. The van der Waals surface area contributed by atoms with Crippen LogP contribution in [-0.2, 0) is 4.74 Å². The van der Waals surface area contributed by atoms with Gasteiger partial charge in [-0.3, -0.25) is 5.10 Å². The Labute approximate surface area is 146 Å². The van der Waals surface area contributed by atoms with Crippen molar-refractivity contribution in [2.24, 2.45) is 5.73 Å². The van der Waals surface area contributed by atoms with Crippen molar-refractivity contribution in [1.29, 1.82) is 0 Å². The minimum Gasteiger partial charge on any atom is -0.375 e. The van der Waals surface area contributed by atoms with Gasteiger partial charge in [0.15, 0.2) is 0 Å². The first-order valence-electron chi connectivity index (χ1n) is 8.66. The summed E-state index contributed by atoms with van der Waals surface area (Å²) in [6, 6.07) is 6.26. The number of H-pyrrole nitrogens is 1. The van der Waals surface area contributed by atoms with Gasteiger partial charge in [-0.15, -0.1) is 0 Å². The lowest BCUT2D eigenvalue weighted by molar-refractivity contribution is 0.0326. The fourth-order valence-electron chi connectivity index (χ4n) is 3.16. The van der Waals surface area contributed by atoms with Crippen LogP contribution < -0.4 is 10.6 Å². The Kier molecular flexibility index (Phi) is 4.58. The van der Waals surface area contributed by atoms with Crippen molar-refractivity contribution in [3.05, 3.63) is 36.8 Å². The number of anilines is 1. The van der Waals surface area contributed by atoms with E-state index in [4.69, 9.17) is 10.5 Å². The number of rotatable bonds is 7. The lowest BCUT2D eigenvalue weighted by Gasteiger charge is -2.41. The number of aromatic nitrogens is 4. The predicted molar refractivity (Wildman–Crippen MR) is 97.4 cm³/mol. The molecule has 1 aromatic carbocycles. The van der Waals surface area contributed by atoms with Crippen LogP contribution in [0.2, 0.25) is 0 Å². The molecular weight excluding hydrogens is 316 g/mol. The second-order valence-corrected chi connectivity index (χ2v) is 6.35. The van der Waals surface area contributed by atoms with Gasteiger partial charge in [-0.2, -0.15) is 15.3 Å². The second-order valence-electron chi connectivity index (χ2n) is 6.35. The molecule has 0 aliphatic carbocycles. The Bertz CT molecular complexity index is 828. The molecule has 3 N–H and O–H groups in total. The van der Waals surface area contributed by atoms with Crippen LogP contribution >= 0.6 is 0 Å². The maximum atomic E-state index is 5.90. The minimum absolute atomic E-state index is 0.297. The van der Waals surface area contributed by atoms with Crippen LogP contribution in [0.1, 0.15) is 12.8 Å². The lowest BCUT2D eigenvalue weighted by atomic mass is 10.0. The monoisotopic (exact) mass is 338 g/mol. The molecular formula is C18H22N6O. The van der Waals surface area contributed by atoms with Gasteiger partial charge in [-0.05, 0) is 43.1 Å². The summed E-state index contributed by atoms with van der Waals surface area (Å²) in [5.74, 6) is 0. The molecule has 1 fully saturated rings. The van der Waals surface area contributed by atoms with Crippen LogP contribution in [0.5, 0.6) is 0 Å². The molecule has 0 amide bonds. The summed E-state index contributed by atoms with van der Waals surface area (Å²) in [6.45, 7) is 3.33. The molecule has 1 aliphatic rings. The van der Waals surface area contributed by atoms with E-state index in [0.717, 1.165) is 61.1 Å². The van der Waals surface area contributed by atoms with Gasteiger partial charge in [0.2, 0.25) is 0 Å². The first kappa shape index (κ1) is 16.0. The number of nitrogens with two attached hydrogens (primary N) is 1. The molecule has 25 heavy (non-hydrogen) atoms. The number of benzene rings is 1. The van der Waals surface area contributed by atoms with Crippen LogP contribution in [0.3, 0.4) is 0 Å². The lowest BCUT2D eigenvalue weighted by Crippen LogP contribution is -2.52. The standard InChI is InChI=1S/C18H22N6O/c19-4-1-2-6-25-15-11-24(12-15)18-8-14(13-3-5-20-21-9-13)7-17-16(18)10-22-23-17/h3,5,7-10,15H,1-2,4,6,11-12,19H2,(H,22,23). The Morgan fingerprint density at radius 1 is 1.16 bits per heavy atom. The van der Waals surface area contributed by atoms with Crippen molar-refractivity contribution in [1.82, 2.24) is 20.4 Å². The maximum Gasteiger partial charge on any atom is 0.0924 e. The van der Waals surface area contributed by atoms with Gasteiger partial charge in [0.1, 0.15) is 0 Å². The highest BCUT2D eigenvalue weighted by molar-refractivity contribution is 5.96. The number of aromatic amines is 1. The number of ether oxygens (including phenoxy) is 1. The molecule has 130 valence electrons. The highest BCUT2D eigenvalue weighted by atomic mass is 16.5. The van der Waals surface area contributed by atoms with Gasteiger partial charge < -0.3 is 15.4 Å². The number of hydrogen-bond donors (Lipinski definition) is 2. The van der Waals surface area contributed by atoms with E-state index in [1.54, 1.807) is 12.4 Å². The van der Waals surface area contributed by atoms with Gasteiger partial charge in [0.05, 0.1) is 30.2 Å². The smallest absolute Gasteiger partial charge is 0.0924 e. The molecule has 1 saturated heterocycles. The Balaban J connectivity index is 1.51. The summed E-state index contributed by atoms with van der Waals surface area (Å²) in [7, 11) is 0. The van der Waals surface area contributed by atoms with Crippen LogP contribution in [-0.4, -0.2) is 52.7 Å². The molecule has 7 nitrogen and oxygen atoms in total. The van der Waals surface area contributed by atoms with E-state index in [0.29, 0.717) is 6.10 Å². The van der Waals surface area contributed by atoms with Crippen molar-refractivity contribution >= 4 is 16.6 Å². The summed E-state index contributed by atoms with van der Waals surface area (Å²) in [6.07, 6.45) is 7.72. The van der Waals surface area contributed by atoms with Crippen molar-refractivity contribution in [2.45, 2.75) is 18.9 Å². The van der Waals surface area contributed by atoms with Crippen LogP contribution in [0.15, 0.2) is 36.8 Å². The van der Waals surface area contributed by atoms with Crippen molar-refractivity contribution in [2.75, 3.05) is 31.1 Å². The molecule has 0 radical (unpaired) electrons. The predicted octanol–water partition coefficient (Wildman–Crippen LogP) is 1.96. The highest BCUT2D eigenvalue weighted by Crippen LogP contribution is 2.34. The first-order chi connectivity index (χ1) is 12.3. The molecule has 3 aromatic rings. The summed E-state index contributed by atoms with van der Waals surface area (Å²) in [5.41, 5.74) is 9.87. The minimum atomic E-state index is 0.297. The summed E-state index contributed by atoms with van der Waals surface area (Å²) < 4.78 is 5.90. The third-order valence-corrected chi connectivity index (χ3v) is 4.60. The fraction of sp³-hybridized carbons (Fsp3) is 0.389. The van der Waals surface area contributed by atoms with Gasteiger partial charge in [-0.1, -0.05) is 0 Å². The third-order valence-electron chi connectivity index (χ3n) is 4.60. The molecule has 0 saturated carbocycles. The average Bonchev–Trinajstić information content (AvgIpc) is 3.09. The molecule has 4 rings (SSSR count). The Morgan fingerprint density at radius 2 is 2.08 bits per heavy atom. The summed E-state index contributed by atoms with van der Waals surface area (Å²) >= 11 is 0. The van der Waals surface area contributed by atoms with E-state index < -0.39 is 0 Å². The highest BCUT2D eigenvalue weighted by Gasteiger charge is 2.29. The van der Waals surface area contributed by atoms with E-state index in [1.807, 2.05) is 12.3 Å². The third kappa shape index (κ3) is 3.33. The van der Waals surface area contributed by atoms with E-state index in [1.165, 1.54) is 5.69 Å². The van der Waals surface area contributed by atoms with Crippen LogP contribution in [0, 0.1) is 0 Å². The maximum absolute atomic E-state index is 5.90. The van der Waals surface area contributed by atoms with E-state index >= 15 is 0 Å². The van der Waals surface area contributed by atoms with Crippen LogP contribution in [0.4, 0.5) is 5.69 Å². The van der Waals surface area contributed by atoms with Gasteiger partial charge in [0, 0.05) is 36.3 Å². The van der Waals surface area contributed by atoms with Gasteiger partial charge in [-0.25, -0.2) is 0 Å². The Hall–Kier alpha value is -2.51. The number of nitrogens with zero attached hydrogens (tertiary/aromatic N) is 4. The zero-order chi connectivity index (χ0) is 17.1. The number of nitrogens with one attached hydrogen (secondary N) is 1. The van der Waals surface area contributed by atoms with Crippen molar-refractivity contribution < 1.29 is 4.74 Å². The second kappa shape index (κ2) is 7.16. The SMILES string of the molecule is NCCCCOC1CN(c2cc(-c3ccnnc3)cc3[nH]ncc23)C1. The molecule has 0 spiro atoms. The number of unbranched alkanes of at least 4 members (excludes halogenated alkanes) is 1. The summed E-state index contributed by atoms with van der Waals surface area (Å²) in [4.78, 5) is 2.34. The van der Waals surface area contributed by atoms with Crippen molar-refractivity contribution in [3.8, 4) is 11.1 Å². The Morgan fingerprint density at radius 3 is 2.88 bits per heavy atom. The molecule has 0 unspecified atom stereocenters. The van der Waals surface area contributed by atoms with Crippen LogP contribution in [0.25, 0.3) is 22.0 Å². The fourth-order valence-corrected chi connectivity index (χ4v) is 3.16. The molecule has 7 heteroatoms. The molecule has 0 bridgehead atoms. The average molecular weight is 338 g/mol. The molecule has 0 atom stereocenters. The van der Waals surface area contributed by atoms with Crippen molar-refractivity contribution in [3.63, 3.8) is 0 Å². The van der Waals surface area contributed by atoms with Gasteiger partial charge in [0.25, 0.3) is 0 Å². The zero-order valence-corrected chi connectivity index (χ0v) is 14.1. The summed E-state index contributed by atoms with van der Waals surface area (Å²) in [5, 5.41) is 16.2. The quantitative estimate of drug-likeness (QED) is 0.640. The van der Waals surface area contributed by atoms with E-state index in [2.05, 4.69) is 37.4 Å². The molecule has 2 aromatic heterocycles. The van der Waals surface area contributed by atoms with E-state index in [-0.39, 0.29) is 0 Å². The first-order valence-corrected chi connectivity index (χ1v) is 8.66. The largest absolute Gasteiger partial charge is 0.375 e. The number of fused-ring (bicyclic) bond motifs is 1. The van der Waals surface area contributed by atoms with Gasteiger partial charge >= 0.3 is 0 Å². The number of hydrogen-bond acceptors (Lipinski definition) is 6. The zero-order valence-electron chi connectivity index (χ0n) is 14.1.